The summed E-state index contributed by atoms with van der Waals surface area (Å²) in [5.74, 6) is 0. The number of halogens is 1. The third-order valence-corrected chi connectivity index (χ3v) is 2.55. The predicted molar refractivity (Wildman–Crippen MR) is 58.9 cm³/mol. The maximum Gasteiger partial charge on any atom is 0.107 e. The Morgan fingerprint density at radius 3 is 2.69 bits per heavy atom. The number of aromatic nitrogens is 1. The van der Waals surface area contributed by atoms with E-state index in [1.165, 1.54) is 16.5 Å². The smallest absolute Gasteiger partial charge is 0.107 e. The van der Waals surface area contributed by atoms with Gasteiger partial charge < -0.3 is 0 Å². The molecule has 0 unspecified atom stereocenters. The molecule has 1 aromatic heterocycles. The minimum Gasteiger partial charge on any atom is -0.241 e. The maximum atomic E-state index is 4.41. The van der Waals surface area contributed by atoms with Gasteiger partial charge in [-0.2, -0.15) is 0 Å². The second kappa shape index (κ2) is 3.11. The molecule has 1 aromatic carbocycles. The Hall–Kier alpha value is -0.890. The Morgan fingerprint density at radius 1 is 1.15 bits per heavy atom. The molecule has 1 nitrogen and oxygen atoms in total. The highest BCUT2D eigenvalue weighted by Gasteiger charge is 2.00. The van der Waals surface area contributed by atoms with Crippen LogP contribution in [0.1, 0.15) is 11.1 Å². The van der Waals surface area contributed by atoms with Crippen molar-refractivity contribution in [1.29, 1.82) is 0 Å². The quantitative estimate of drug-likeness (QED) is 0.636. The molecule has 66 valence electrons. The first kappa shape index (κ1) is 8.70. The lowest BCUT2D eigenvalue weighted by atomic mass is 10.1. The molecule has 0 fully saturated rings. The van der Waals surface area contributed by atoms with Gasteiger partial charge in [-0.1, -0.05) is 12.1 Å². The summed E-state index contributed by atoms with van der Waals surface area (Å²) in [6, 6.07) is 8.38. The van der Waals surface area contributed by atoms with Crippen molar-refractivity contribution in [3.8, 4) is 0 Å². The Labute approximate surface area is 85.9 Å². The fourth-order valence-corrected chi connectivity index (χ4v) is 2.01. The lowest BCUT2D eigenvalue weighted by molar-refractivity contribution is 1.31. The minimum atomic E-state index is 0.906. The predicted octanol–water partition coefficient (Wildman–Crippen LogP) is 3.61. The number of rotatable bonds is 0. The van der Waals surface area contributed by atoms with Gasteiger partial charge in [0.2, 0.25) is 0 Å². The lowest BCUT2D eigenvalue weighted by Crippen LogP contribution is -1.85. The Morgan fingerprint density at radius 2 is 1.92 bits per heavy atom. The maximum absolute atomic E-state index is 4.41. The van der Waals surface area contributed by atoms with E-state index in [2.05, 4.69) is 53.0 Å². The van der Waals surface area contributed by atoms with Crippen molar-refractivity contribution in [3.63, 3.8) is 0 Å². The van der Waals surface area contributed by atoms with Crippen LogP contribution in [0.3, 0.4) is 0 Å². The molecule has 0 amide bonds. The molecule has 0 aliphatic carbocycles. The molecule has 0 aliphatic heterocycles. The van der Waals surface area contributed by atoms with Gasteiger partial charge in [0, 0.05) is 5.39 Å². The minimum absolute atomic E-state index is 0.906. The normalized spacial score (nSPS) is 10.7. The van der Waals surface area contributed by atoms with Gasteiger partial charge in [0.05, 0.1) is 5.52 Å². The van der Waals surface area contributed by atoms with Crippen LogP contribution in [0.2, 0.25) is 0 Å². The van der Waals surface area contributed by atoms with Crippen LogP contribution in [0, 0.1) is 13.8 Å². The monoisotopic (exact) mass is 235 g/mol. The molecule has 1 heterocycles. The second-order valence-electron chi connectivity index (χ2n) is 3.28. The molecule has 0 bridgehead atoms. The summed E-state index contributed by atoms with van der Waals surface area (Å²) in [6.45, 7) is 4.18. The summed E-state index contributed by atoms with van der Waals surface area (Å²) in [6.07, 6.45) is 0. The van der Waals surface area contributed by atoms with Crippen molar-refractivity contribution < 1.29 is 0 Å². The number of aryl methyl sites for hydroxylation is 2. The zero-order chi connectivity index (χ0) is 9.42. The summed E-state index contributed by atoms with van der Waals surface area (Å²) in [5.41, 5.74) is 3.57. The van der Waals surface area contributed by atoms with Crippen LogP contribution in [0.15, 0.2) is 28.9 Å². The van der Waals surface area contributed by atoms with Crippen molar-refractivity contribution in [1.82, 2.24) is 4.98 Å². The first-order valence-electron chi connectivity index (χ1n) is 4.20. The van der Waals surface area contributed by atoms with Gasteiger partial charge in [0.15, 0.2) is 0 Å². The van der Waals surface area contributed by atoms with E-state index in [9.17, 15) is 0 Å². The molecule has 0 spiro atoms. The van der Waals surface area contributed by atoms with Gasteiger partial charge in [0.1, 0.15) is 4.60 Å². The molecule has 2 aromatic rings. The number of fused-ring (bicyclic) bond motifs is 1. The number of hydrogen-bond donors (Lipinski definition) is 0. The largest absolute Gasteiger partial charge is 0.241 e. The molecule has 2 heteroatoms. The van der Waals surface area contributed by atoms with E-state index in [-0.39, 0.29) is 0 Å². The van der Waals surface area contributed by atoms with Crippen LogP contribution in [0.4, 0.5) is 0 Å². The van der Waals surface area contributed by atoms with Gasteiger partial charge in [-0.15, -0.1) is 0 Å². The van der Waals surface area contributed by atoms with Gasteiger partial charge in [-0.05, 0) is 53.0 Å². The molecule has 0 atom stereocenters. The fourth-order valence-electron chi connectivity index (χ4n) is 1.47. The average molecular weight is 236 g/mol. The van der Waals surface area contributed by atoms with E-state index in [1.54, 1.807) is 0 Å². The van der Waals surface area contributed by atoms with E-state index in [0.717, 1.165) is 10.1 Å². The summed E-state index contributed by atoms with van der Waals surface area (Å²) in [4.78, 5) is 4.41. The van der Waals surface area contributed by atoms with E-state index >= 15 is 0 Å². The molecular weight excluding hydrogens is 226 g/mol. The van der Waals surface area contributed by atoms with E-state index in [4.69, 9.17) is 0 Å². The zero-order valence-corrected chi connectivity index (χ0v) is 9.22. The van der Waals surface area contributed by atoms with Crippen LogP contribution >= 0.6 is 15.9 Å². The van der Waals surface area contributed by atoms with E-state index in [1.807, 2.05) is 6.07 Å². The standard InChI is InChI=1S/C11H10BrN/c1-7-3-4-9-8(2)6-11(12)13-10(9)5-7/h3-6H,1-2H3. The van der Waals surface area contributed by atoms with Crippen LogP contribution < -0.4 is 0 Å². The summed E-state index contributed by atoms with van der Waals surface area (Å²) in [5, 5.41) is 1.23. The number of hydrogen-bond acceptors (Lipinski definition) is 1. The first-order chi connectivity index (χ1) is 6.16. The highest BCUT2D eigenvalue weighted by molar-refractivity contribution is 9.10. The topological polar surface area (TPSA) is 12.9 Å². The second-order valence-corrected chi connectivity index (χ2v) is 4.09. The van der Waals surface area contributed by atoms with Gasteiger partial charge in [0.25, 0.3) is 0 Å². The molecule has 0 radical (unpaired) electrons. The number of benzene rings is 1. The van der Waals surface area contributed by atoms with Crippen LogP contribution in [0.5, 0.6) is 0 Å². The van der Waals surface area contributed by atoms with Crippen molar-refractivity contribution in [2.45, 2.75) is 13.8 Å². The van der Waals surface area contributed by atoms with Gasteiger partial charge >= 0.3 is 0 Å². The highest BCUT2D eigenvalue weighted by Crippen LogP contribution is 2.21. The Bertz CT molecular complexity index is 458. The SMILES string of the molecule is Cc1ccc2c(C)cc(Br)nc2c1. The summed E-state index contributed by atoms with van der Waals surface area (Å²) >= 11 is 3.40. The van der Waals surface area contributed by atoms with Gasteiger partial charge in [-0.3, -0.25) is 0 Å². The molecular formula is C11H10BrN. The van der Waals surface area contributed by atoms with Crippen LogP contribution in [0.25, 0.3) is 10.9 Å². The highest BCUT2D eigenvalue weighted by atomic mass is 79.9. The van der Waals surface area contributed by atoms with E-state index in [0.29, 0.717) is 0 Å². The zero-order valence-electron chi connectivity index (χ0n) is 7.63. The van der Waals surface area contributed by atoms with Crippen LogP contribution in [-0.4, -0.2) is 4.98 Å². The number of pyridine rings is 1. The van der Waals surface area contributed by atoms with Crippen molar-refractivity contribution in [2.24, 2.45) is 0 Å². The van der Waals surface area contributed by atoms with Crippen LogP contribution in [-0.2, 0) is 0 Å². The Kier molecular flexibility index (Phi) is 2.08. The average Bonchev–Trinajstić information content (AvgIpc) is 2.02. The van der Waals surface area contributed by atoms with E-state index < -0.39 is 0 Å². The lowest BCUT2D eigenvalue weighted by Gasteiger charge is -2.02. The molecule has 13 heavy (non-hydrogen) atoms. The molecule has 0 N–H and O–H groups in total. The molecule has 0 aliphatic rings. The Balaban J connectivity index is 2.86. The molecule has 0 saturated heterocycles. The van der Waals surface area contributed by atoms with Gasteiger partial charge in [-0.25, -0.2) is 4.98 Å². The third kappa shape index (κ3) is 1.59. The molecule has 2 rings (SSSR count). The third-order valence-electron chi connectivity index (χ3n) is 2.14. The van der Waals surface area contributed by atoms with Crippen molar-refractivity contribution in [2.75, 3.05) is 0 Å². The fraction of sp³-hybridized carbons (Fsp3) is 0.182. The summed E-state index contributed by atoms with van der Waals surface area (Å²) < 4.78 is 0.906. The van der Waals surface area contributed by atoms with Crippen molar-refractivity contribution in [3.05, 3.63) is 40.0 Å². The number of nitrogens with zero attached hydrogens (tertiary/aromatic N) is 1. The summed E-state index contributed by atoms with van der Waals surface area (Å²) in [7, 11) is 0. The first-order valence-corrected chi connectivity index (χ1v) is 4.99. The van der Waals surface area contributed by atoms with Crippen molar-refractivity contribution >= 4 is 26.8 Å². The molecule has 0 saturated carbocycles.